The highest BCUT2D eigenvalue weighted by Crippen LogP contribution is 2.12. The van der Waals surface area contributed by atoms with Gasteiger partial charge in [0.25, 0.3) is 0 Å². The number of phenolic OH excluding ortho intramolecular Hbond substituents is 1. The van der Waals surface area contributed by atoms with Crippen molar-refractivity contribution >= 4 is 11.9 Å². The lowest BCUT2D eigenvalue weighted by Gasteiger charge is -2.34. The number of phenols is 1. The number of rotatable bonds is 6. The minimum absolute atomic E-state index is 0.0167. The van der Waals surface area contributed by atoms with Crippen LogP contribution in [0.2, 0.25) is 0 Å². The van der Waals surface area contributed by atoms with E-state index in [1.165, 1.54) is 24.3 Å². The van der Waals surface area contributed by atoms with E-state index in [4.69, 9.17) is 9.84 Å². The summed E-state index contributed by atoms with van der Waals surface area (Å²) in [5.74, 6) is -1.67. The molecule has 0 saturated carbocycles. The molecule has 0 aliphatic carbocycles. The molecule has 0 spiro atoms. The molecular weight excluding hydrogens is 262 g/mol. The maximum atomic E-state index is 11.8. The maximum absolute atomic E-state index is 11.8. The Balaban J connectivity index is 2.65. The van der Waals surface area contributed by atoms with Crippen molar-refractivity contribution in [2.45, 2.75) is 12.5 Å². The van der Waals surface area contributed by atoms with E-state index in [1.807, 2.05) is 21.1 Å². The van der Waals surface area contributed by atoms with Crippen molar-refractivity contribution in [3.8, 4) is 5.75 Å². The third-order valence-corrected chi connectivity index (χ3v) is 3.01. The van der Waals surface area contributed by atoms with Gasteiger partial charge in [-0.2, -0.15) is 0 Å². The number of ether oxygens (including phenoxy) is 1. The normalized spacial score (nSPS) is 12.8. The van der Waals surface area contributed by atoms with E-state index < -0.39 is 11.9 Å². The Kier molecular flexibility index (Phi) is 5.10. The SMILES string of the molecule is C[N+](C)(C)[C@H](COC(=O)c1ccc(O)cc1)CC(=O)[O-]. The zero-order valence-electron chi connectivity index (χ0n) is 11.8. The van der Waals surface area contributed by atoms with Crippen molar-refractivity contribution in [2.24, 2.45) is 0 Å². The minimum atomic E-state index is -1.18. The highest BCUT2D eigenvalue weighted by atomic mass is 16.5. The second-order valence-corrected chi connectivity index (χ2v) is 5.49. The molecular formula is C14H19NO5. The van der Waals surface area contributed by atoms with Crippen molar-refractivity contribution in [3.05, 3.63) is 29.8 Å². The van der Waals surface area contributed by atoms with E-state index in [9.17, 15) is 14.7 Å². The fourth-order valence-corrected chi connectivity index (χ4v) is 1.60. The number of quaternary nitrogens is 1. The molecule has 0 aliphatic rings. The second kappa shape index (κ2) is 6.38. The first-order valence-electron chi connectivity index (χ1n) is 6.17. The molecule has 0 aliphatic heterocycles. The molecule has 0 unspecified atom stereocenters. The number of carbonyl (C=O) groups is 2. The van der Waals surface area contributed by atoms with Crippen LogP contribution in [0.1, 0.15) is 16.8 Å². The van der Waals surface area contributed by atoms with Crippen LogP contribution in [0.3, 0.4) is 0 Å². The summed E-state index contributed by atoms with van der Waals surface area (Å²) >= 11 is 0. The molecule has 0 radical (unpaired) electrons. The molecule has 1 atom stereocenters. The first-order chi connectivity index (χ1) is 9.20. The summed E-state index contributed by atoms with van der Waals surface area (Å²) in [6.07, 6.45) is -0.188. The Hall–Kier alpha value is -2.08. The van der Waals surface area contributed by atoms with E-state index in [2.05, 4.69) is 0 Å². The van der Waals surface area contributed by atoms with Gasteiger partial charge in [0.1, 0.15) is 18.4 Å². The van der Waals surface area contributed by atoms with Crippen molar-refractivity contribution < 1.29 is 29.0 Å². The summed E-state index contributed by atoms with van der Waals surface area (Å²) in [7, 11) is 5.46. The number of nitrogens with zero attached hydrogens (tertiary/aromatic N) is 1. The number of esters is 1. The van der Waals surface area contributed by atoms with Gasteiger partial charge in [-0.05, 0) is 24.3 Å². The van der Waals surface area contributed by atoms with Crippen molar-refractivity contribution in [1.29, 1.82) is 0 Å². The third kappa shape index (κ3) is 4.89. The van der Waals surface area contributed by atoms with Crippen LogP contribution in [0.25, 0.3) is 0 Å². The lowest BCUT2D eigenvalue weighted by molar-refractivity contribution is -0.896. The Morgan fingerprint density at radius 2 is 1.80 bits per heavy atom. The molecule has 1 aromatic carbocycles. The average Bonchev–Trinajstić information content (AvgIpc) is 2.33. The molecule has 6 heteroatoms. The van der Waals surface area contributed by atoms with E-state index in [0.717, 1.165) is 0 Å². The Labute approximate surface area is 117 Å². The zero-order valence-corrected chi connectivity index (χ0v) is 11.8. The molecule has 0 fully saturated rings. The fraction of sp³-hybridized carbons (Fsp3) is 0.429. The predicted octanol–water partition coefficient (Wildman–Crippen LogP) is -0.236. The van der Waals surface area contributed by atoms with Gasteiger partial charge in [0, 0.05) is 12.4 Å². The summed E-state index contributed by atoms with van der Waals surface area (Å²) in [5, 5.41) is 19.9. The Morgan fingerprint density at radius 3 is 2.25 bits per heavy atom. The second-order valence-electron chi connectivity index (χ2n) is 5.49. The summed E-state index contributed by atoms with van der Waals surface area (Å²) < 4.78 is 5.47. The van der Waals surface area contributed by atoms with Crippen molar-refractivity contribution in [2.75, 3.05) is 27.7 Å². The van der Waals surface area contributed by atoms with Gasteiger partial charge in [0.15, 0.2) is 0 Å². The van der Waals surface area contributed by atoms with Crippen LogP contribution in [0.5, 0.6) is 5.75 Å². The van der Waals surface area contributed by atoms with Crippen LogP contribution in [-0.2, 0) is 9.53 Å². The summed E-state index contributed by atoms with van der Waals surface area (Å²) in [5.41, 5.74) is 0.302. The zero-order chi connectivity index (χ0) is 15.3. The molecule has 0 heterocycles. The number of carboxylic acids is 1. The van der Waals surface area contributed by atoms with Gasteiger partial charge < -0.3 is 24.2 Å². The topological polar surface area (TPSA) is 86.7 Å². The highest BCUT2D eigenvalue weighted by Gasteiger charge is 2.25. The molecule has 1 N–H and O–H groups in total. The van der Waals surface area contributed by atoms with Gasteiger partial charge in [0.2, 0.25) is 0 Å². The van der Waals surface area contributed by atoms with E-state index in [-0.39, 0.29) is 24.8 Å². The molecule has 1 aromatic rings. The average molecular weight is 281 g/mol. The van der Waals surface area contributed by atoms with Crippen molar-refractivity contribution in [1.82, 2.24) is 0 Å². The first-order valence-corrected chi connectivity index (χ1v) is 6.17. The highest BCUT2D eigenvalue weighted by molar-refractivity contribution is 5.89. The van der Waals surface area contributed by atoms with Crippen LogP contribution in [0.15, 0.2) is 24.3 Å². The molecule has 110 valence electrons. The van der Waals surface area contributed by atoms with Gasteiger partial charge in [-0.25, -0.2) is 4.79 Å². The lowest BCUT2D eigenvalue weighted by Crippen LogP contribution is -2.50. The monoisotopic (exact) mass is 281 g/mol. The predicted molar refractivity (Wildman–Crippen MR) is 69.8 cm³/mol. The summed E-state index contributed by atoms with van der Waals surface area (Å²) in [4.78, 5) is 22.5. The molecule has 0 bridgehead atoms. The van der Waals surface area contributed by atoms with Crippen molar-refractivity contribution in [3.63, 3.8) is 0 Å². The maximum Gasteiger partial charge on any atom is 0.338 e. The standard InChI is InChI=1S/C14H19NO5/c1-15(2,3)11(8-13(17)18)9-20-14(19)10-4-6-12(16)7-5-10/h4-7,11H,8-9H2,1-3H3,(H-,16,17,18,19)/t11-/m0/s1. The number of aliphatic carboxylic acids is 1. The van der Waals surface area contributed by atoms with Gasteiger partial charge in [-0.3, -0.25) is 0 Å². The molecule has 20 heavy (non-hydrogen) atoms. The molecule has 0 amide bonds. The number of hydrogen-bond acceptors (Lipinski definition) is 5. The molecule has 0 aromatic heterocycles. The summed E-state index contributed by atoms with van der Waals surface area (Å²) in [6.45, 7) is -0.0167. The number of carboxylic acid groups (broad SMARTS) is 1. The molecule has 0 saturated heterocycles. The largest absolute Gasteiger partial charge is 0.550 e. The first kappa shape index (κ1) is 16.0. The van der Waals surface area contributed by atoms with Gasteiger partial charge in [0.05, 0.1) is 26.7 Å². The quantitative estimate of drug-likeness (QED) is 0.574. The van der Waals surface area contributed by atoms with Crippen LogP contribution < -0.4 is 5.11 Å². The van der Waals surface area contributed by atoms with E-state index in [0.29, 0.717) is 10.0 Å². The summed E-state index contributed by atoms with van der Waals surface area (Å²) in [6, 6.07) is 5.26. The molecule has 6 nitrogen and oxygen atoms in total. The third-order valence-electron chi connectivity index (χ3n) is 3.01. The number of hydrogen-bond donors (Lipinski definition) is 1. The minimum Gasteiger partial charge on any atom is -0.550 e. The number of benzene rings is 1. The van der Waals surface area contributed by atoms with E-state index in [1.54, 1.807) is 0 Å². The van der Waals surface area contributed by atoms with E-state index >= 15 is 0 Å². The van der Waals surface area contributed by atoms with Crippen LogP contribution in [0.4, 0.5) is 0 Å². The van der Waals surface area contributed by atoms with Gasteiger partial charge in [-0.15, -0.1) is 0 Å². The fourth-order valence-electron chi connectivity index (χ4n) is 1.60. The number of aromatic hydroxyl groups is 1. The Bertz CT molecular complexity index is 475. The van der Waals surface area contributed by atoms with Gasteiger partial charge in [-0.1, -0.05) is 0 Å². The molecule has 1 rings (SSSR count). The number of likely N-dealkylation sites (N-methyl/N-ethyl adjacent to an activating group) is 1. The number of carbonyl (C=O) groups excluding carboxylic acids is 2. The Morgan fingerprint density at radius 1 is 1.25 bits per heavy atom. The smallest absolute Gasteiger partial charge is 0.338 e. The van der Waals surface area contributed by atoms with Gasteiger partial charge >= 0.3 is 5.97 Å². The van der Waals surface area contributed by atoms with Crippen LogP contribution in [-0.4, -0.2) is 55.3 Å². The van der Waals surface area contributed by atoms with Crippen LogP contribution in [0, 0.1) is 0 Å². The van der Waals surface area contributed by atoms with Crippen LogP contribution >= 0.6 is 0 Å². The lowest BCUT2D eigenvalue weighted by atomic mass is 10.1.